The molecule has 2 aromatic carbocycles. The number of fused-ring (bicyclic) bond motifs is 2. The molecule has 2 amide bonds. The lowest BCUT2D eigenvalue weighted by atomic mass is 10.0. The van der Waals surface area contributed by atoms with E-state index in [1.54, 1.807) is 48.1 Å². The van der Waals surface area contributed by atoms with Gasteiger partial charge in [0.25, 0.3) is 11.8 Å². The van der Waals surface area contributed by atoms with Crippen LogP contribution in [0.5, 0.6) is 11.5 Å². The Hall–Kier alpha value is -3.91. The van der Waals surface area contributed by atoms with E-state index >= 15 is 0 Å². The molecule has 5 rings (SSSR count). The number of carbonyl (C=O) groups is 2. The molecular formula is C25H24N4O4. The van der Waals surface area contributed by atoms with Gasteiger partial charge in [-0.25, -0.2) is 4.52 Å². The van der Waals surface area contributed by atoms with Gasteiger partial charge in [0.2, 0.25) is 0 Å². The lowest BCUT2D eigenvalue weighted by Crippen LogP contribution is -2.54. The van der Waals surface area contributed by atoms with E-state index in [1.807, 2.05) is 37.3 Å². The third kappa shape index (κ3) is 3.58. The second kappa shape index (κ2) is 8.22. The Balaban J connectivity index is 1.48. The first-order chi connectivity index (χ1) is 16.0. The van der Waals surface area contributed by atoms with Gasteiger partial charge in [-0.05, 0) is 47.5 Å². The standard InChI is InChI=1S/C25H24N4O4/c1-15-21(25(31)28-12-18(13-28)32-3)14-29-23(15)22(9-10-27-29)33-17-7-8-19-16(11-17)5-4-6-20(19)24(30)26-2/h4-11,14,18H,12-13H2,1-3H3,(H,26,30). The fraction of sp³-hybridized carbons (Fsp3) is 0.240. The molecule has 1 N–H and O–H groups in total. The quantitative estimate of drug-likeness (QED) is 0.510. The molecule has 2 aromatic heterocycles. The van der Waals surface area contributed by atoms with Crippen molar-refractivity contribution in [2.45, 2.75) is 13.0 Å². The monoisotopic (exact) mass is 444 g/mol. The number of ether oxygens (including phenoxy) is 2. The summed E-state index contributed by atoms with van der Waals surface area (Å²) in [6.45, 7) is 3.08. The fourth-order valence-corrected chi connectivity index (χ4v) is 4.23. The maximum atomic E-state index is 13.0. The van der Waals surface area contributed by atoms with E-state index in [1.165, 1.54) is 0 Å². The Morgan fingerprint density at radius 1 is 1.12 bits per heavy atom. The van der Waals surface area contributed by atoms with Crippen LogP contribution in [0, 0.1) is 6.92 Å². The molecule has 0 unspecified atom stereocenters. The second-order valence-corrected chi connectivity index (χ2v) is 8.09. The number of nitrogens with one attached hydrogen (secondary N) is 1. The molecule has 1 fully saturated rings. The lowest BCUT2D eigenvalue weighted by Gasteiger charge is -2.38. The smallest absolute Gasteiger partial charge is 0.255 e. The fourth-order valence-electron chi connectivity index (χ4n) is 4.23. The molecule has 0 atom stereocenters. The van der Waals surface area contributed by atoms with Crippen LogP contribution in [0.25, 0.3) is 16.3 Å². The number of methoxy groups -OCH3 is 1. The van der Waals surface area contributed by atoms with Crippen molar-refractivity contribution in [2.24, 2.45) is 0 Å². The van der Waals surface area contributed by atoms with Gasteiger partial charge in [0.1, 0.15) is 11.3 Å². The van der Waals surface area contributed by atoms with Crippen LogP contribution in [0.2, 0.25) is 0 Å². The molecule has 0 aliphatic carbocycles. The van der Waals surface area contributed by atoms with Crippen molar-refractivity contribution in [1.29, 1.82) is 0 Å². The highest BCUT2D eigenvalue weighted by Gasteiger charge is 2.33. The Morgan fingerprint density at radius 3 is 2.70 bits per heavy atom. The van der Waals surface area contributed by atoms with Gasteiger partial charge in [-0.3, -0.25) is 9.59 Å². The predicted octanol–water partition coefficient (Wildman–Crippen LogP) is 3.42. The van der Waals surface area contributed by atoms with Crippen LogP contribution in [-0.2, 0) is 4.74 Å². The largest absolute Gasteiger partial charge is 0.455 e. The zero-order chi connectivity index (χ0) is 23.1. The molecule has 0 radical (unpaired) electrons. The first kappa shape index (κ1) is 21.0. The van der Waals surface area contributed by atoms with Crippen LogP contribution in [-0.4, -0.2) is 59.7 Å². The molecule has 33 heavy (non-hydrogen) atoms. The highest BCUT2D eigenvalue weighted by Crippen LogP contribution is 2.33. The molecule has 1 saturated heterocycles. The third-order valence-electron chi connectivity index (χ3n) is 6.14. The van der Waals surface area contributed by atoms with Crippen molar-refractivity contribution in [2.75, 3.05) is 27.2 Å². The maximum absolute atomic E-state index is 13.0. The molecule has 8 heteroatoms. The van der Waals surface area contributed by atoms with Crippen molar-refractivity contribution >= 4 is 28.1 Å². The van der Waals surface area contributed by atoms with E-state index in [4.69, 9.17) is 9.47 Å². The summed E-state index contributed by atoms with van der Waals surface area (Å²) in [5, 5.41) is 8.78. The SMILES string of the molecule is CNC(=O)c1cccc2cc(Oc3ccnn4cc(C(=O)N5CC(OC)C5)c(C)c34)ccc12. The summed E-state index contributed by atoms with van der Waals surface area (Å²) in [5.41, 5.74) is 2.76. The predicted molar refractivity (Wildman–Crippen MR) is 124 cm³/mol. The second-order valence-electron chi connectivity index (χ2n) is 8.09. The molecule has 1 aliphatic rings. The zero-order valence-electron chi connectivity index (χ0n) is 18.7. The first-order valence-electron chi connectivity index (χ1n) is 10.7. The van der Waals surface area contributed by atoms with E-state index in [9.17, 15) is 9.59 Å². The van der Waals surface area contributed by atoms with Crippen molar-refractivity contribution in [3.8, 4) is 11.5 Å². The minimum atomic E-state index is -0.134. The number of hydrogen-bond donors (Lipinski definition) is 1. The Morgan fingerprint density at radius 2 is 1.94 bits per heavy atom. The number of aryl methyl sites for hydroxylation is 1. The summed E-state index contributed by atoms with van der Waals surface area (Å²) >= 11 is 0. The topological polar surface area (TPSA) is 85.2 Å². The highest BCUT2D eigenvalue weighted by molar-refractivity contribution is 6.07. The van der Waals surface area contributed by atoms with Crippen LogP contribution in [0.3, 0.4) is 0 Å². The van der Waals surface area contributed by atoms with Crippen molar-refractivity contribution in [1.82, 2.24) is 19.8 Å². The highest BCUT2D eigenvalue weighted by atomic mass is 16.5. The minimum Gasteiger partial charge on any atom is -0.455 e. The van der Waals surface area contributed by atoms with Crippen molar-refractivity contribution in [3.63, 3.8) is 0 Å². The molecule has 4 aromatic rings. The molecule has 3 heterocycles. The van der Waals surface area contributed by atoms with Gasteiger partial charge in [-0.1, -0.05) is 12.1 Å². The number of nitrogens with zero attached hydrogens (tertiary/aromatic N) is 3. The summed E-state index contributed by atoms with van der Waals surface area (Å²) in [6.07, 6.45) is 3.49. The van der Waals surface area contributed by atoms with Crippen molar-refractivity contribution in [3.05, 3.63) is 71.5 Å². The zero-order valence-corrected chi connectivity index (χ0v) is 18.7. The van der Waals surface area contributed by atoms with Crippen LogP contribution >= 0.6 is 0 Å². The van der Waals surface area contributed by atoms with Gasteiger partial charge < -0.3 is 19.7 Å². The van der Waals surface area contributed by atoms with Crippen molar-refractivity contribution < 1.29 is 19.1 Å². The number of aromatic nitrogens is 2. The molecule has 0 spiro atoms. The van der Waals surface area contributed by atoms with Gasteiger partial charge in [0.15, 0.2) is 5.75 Å². The lowest BCUT2D eigenvalue weighted by molar-refractivity contribution is -0.0192. The number of hydrogen-bond acceptors (Lipinski definition) is 5. The van der Waals surface area contributed by atoms with E-state index in [0.717, 1.165) is 21.9 Å². The van der Waals surface area contributed by atoms with Crippen LogP contribution in [0.1, 0.15) is 26.3 Å². The van der Waals surface area contributed by atoms with E-state index < -0.39 is 0 Å². The average Bonchev–Trinajstić information content (AvgIpc) is 3.14. The minimum absolute atomic E-state index is 0.0373. The van der Waals surface area contributed by atoms with Gasteiger partial charge >= 0.3 is 0 Å². The number of rotatable bonds is 5. The van der Waals surface area contributed by atoms with E-state index in [-0.39, 0.29) is 17.9 Å². The molecule has 8 nitrogen and oxygen atoms in total. The van der Waals surface area contributed by atoms with Crippen LogP contribution in [0.15, 0.2) is 54.9 Å². The molecule has 0 bridgehead atoms. The van der Waals surface area contributed by atoms with Crippen LogP contribution < -0.4 is 10.1 Å². The molecule has 168 valence electrons. The molecule has 1 aliphatic heterocycles. The van der Waals surface area contributed by atoms with Crippen LogP contribution in [0.4, 0.5) is 0 Å². The number of benzene rings is 2. The van der Waals surface area contributed by atoms with Gasteiger partial charge in [0, 0.05) is 45.1 Å². The summed E-state index contributed by atoms with van der Waals surface area (Å²) in [4.78, 5) is 26.9. The number of amides is 2. The summed E-state index contributed by atoms with van der Waals surface area (Å²) in [6, 6.07) is 13.0. The third-order valence-corrected chi connectivity index (χ3v) is 6.14. The number of likely N-dealkylation sites (tertiary alicyclic amines) is 1. The van der Waals surface area contributed by atoms with Gasteiger partial charge in [0.05, 0.1) is 17.9 Å². The summed E-state index contributed by atoms with van der Waals surface area (Å²) in [7, 11) is 3.27. The normalized spacial score (nSPS) is 13.8. The Bertz CT molecular complexity index is 1390. The molecular weight excluding hydrogens is 420 g/mol. The Labute approximate surface area is 190 Å². The summed E-state index contributed by atoms with van der Waals surface area (Å²) < 4.78 is 13.2. The first-order valence-corrected chi connectivity index (χ1v) is 10.7. The Kier molecular flexibility index (Phi) is 5.22. The number of carbonyl (C=O) groups excluding carboxylic acids is 2. The maximum Gasteiger partial charge on any atom is 0.255 e. The van der Waals surface area contributed by atoms with Gasteiger partial charge in [-0.2, -0.15) is 5.10 Å². The molecule has 0 saturated carbocycles. The summed E-state index contributed by atoms with van der Waals surface area (Å²) in [5.74, 6) is 1.06. The van der Waals surface area contributed by atoms with E-state index in [2.05, 4.69) is 10.4 Å². The van der Waals surface area contributed by atoms with Gasteiger partial charge in [-0.15, -0.1) is 0 Å². The van der Waals surface area contributed by atoms with E-state index in [0.29, 0.717) is 35.7 Å². The average molecular weight is 444 g/mol.